The predicted molar refractivity (Wildman–Crippen MR) is 106 cm³/mol. The van der Waals surface area contributed by atoms with E-state index in [1.807, 2.05) is 24.3 Å². The summed E-state index contributed by atoms with van der Waals surface area (Å²) < 4.78 is 0. The molecule has 0 saturated heterocycles. The molecule has 8 heteroatoms. The van der Waals surface area contributed by atoms with Crippen molar-refractivity contribution < 1.29 is 14.5 Å². The lowest BCUT2D eigenvalue weighted by atomic mass is 9.87. The zero-order valence-electron chi connectivity index (χ0n) is 15.3. The number of anilines is 1. The Bertz CT molecular complexity index is 874. The largest absolute Gasteiger partial charge is 0.366 e. The fourth-order valence-corrected chi connectivity index (χ4v) is 3.13. The van der Waals surface area contributed by atoms with E-state index in [0.717, 1.165) is 23.4 Å². The third-order valence-electron chi connectivity index (χ3n) is 3.83. The molecule has 0 unspecified atom stereocenters. The Morgan fingerprint density at radius 2 is 1.78 bits per heavy atom. The van der Waals surface area contributed by atoms with Crippen LogP contribution in [-0.4, -0.2) is 22.5 Å². The lowest BCUT2D eigenvalue weighted by Gasteiger charge is -2.19. The minimum atomic E-state index is -0.744. The number of carbonyl (C=O) groups excluding carboxylic acids is 2. The van der Waals surface area contributed by atoms with E-state index in [-0.39, 0.29) is 28.3 Å². The second-order valence-corrected chi connectivity index (χ2v) is 7.99. The molecule has 0 saturated carbocycles. The van der Waals surface area contributed by atoms with E-state index >= 15 is 0 Å². The maximum Gasteiger partial charge on any atom is 0.283 e. The highest BCUT2D eigenvalue weighted by molar-refractivity contribution is 8.00. The van der Waals surface area contributed by atoms with Crippen molar-refractivity contribution in [2.75, 3.05) is 11.1 Å². The highest BCUT2D eigenvalue weighted by Crippen LogP contribution is 2.30. The highest BCUT2D eigenvalue weighted by Gasteiger charge is 2.18. The van der Waals surface area contributed by atoms with E-state index in [9.17, 15) is 19.7 Å². The van der Waals surface area contributed by atoms with Crippen LogP contribution in [0.3, 0.4) is 0 Å². The zero-order valence-corrected chi connectivity index (χ0v) is 16.1. The molecule has 2 aromatic carbocycles. The number of primary amides is 1. The first kappa shape index (κ1) is 20.4. The molecule has 0 spiro atoms. The molecule has 27 heavy (non-hydrogen) atoms. The van der Waals surface area contributed by atoms with Gasteiger partial charge in [-0.2, -0.15) is 0 Å². The average Bonchev–Trinajstić information content (AvgIpc) is 2.59. The van der Waals surface area contributed by atoms with E-state index in [4.69, 9.17) is 5.73 Å². The first-order chi connectivity index (χ1) is 12.6. The fourth-order valence-electron chi connectivity index (χ4n) is 2.33. The Kier molecular flexibility index (Phi) is 6.22. The van der Waals surface area contributed by atoms with Crippen molar-refractivity contribution in [3.05, 3.63) is 63.7 Å². The number of nitro groups is 1. The van der Waals surface area contributed by atoms with Crippen LogP contribution >= 0.6 is 11.8 Å². The maximum absolute atomic E-state index is 12.1. The molecule has 0 bridgehead atoms. The van der Waals surface area contributed by atoms with Crippen LogP contribution in [0.25, 0.3) is 0 Å². The van der Waals surface area contributed by atoms with Crippen molar-refractivity contribution in [2.45, 2.75) is 31.1 Å². The number of nitrogens with zero attached hydrogens (tertiary/aromatic N) is 1. The first-order valence-electron chi connectivity index (χ1n) is 8.19. The molecule has 0 aliphatic heterocycles. The smallest absolute Gasteiger partial charge is 0.283 e. The van der Waals surface area contributed by atoms with Gasteiger partial charge in [0.15, 0.2) is 0 Å². The Morgan fingerprint density at radius 3 is 2.30 bits per heavy atom. The van der Waals surface area contributed by atoms with Gasteiger partial charge in [-0.15, -0.1) is 11.8 Å². The van der Waals surface area contributed by atoms with Crippen molar-refractivity contribution in [3.63, 3.8) is 0 Å². The monoisotopic (exact) mass is 387 g/mol. The van der Waals surface area contributed by atoms with E-state index in [0.29, 0.717) is 10.6 Å². The van der Waals surface area contributed by atoms with Crippen LogP contribution in [0.5, 0.6) is 0 Å². The molecular weight excluding hydrogens is 366 g/mol. The molecule has 7 nitrogen and oxygen atoms in total. The summed E-state index contributed by atoms with van der Waals surface area (Å²) >= 11 is 1.02. The van der Waals surface area contributed by atoms with Crippen molar-refractivity contribution in [2.24, 2.45) is 5.73 Å². The maximum atomic E-state index is 12.1. The quantitative estimate of drug-likeness (QED) is 0.445. The minimum absolute atomic E-state index is 0.00220. The van der Waals surface area contributed by atoms with Crippen molar-refractivity contribution in [3.8, 4) is 0 Å². The second kappa shape index (κ2) is 8.22. The van der Waals surface area contributed by atoms with Crippen LogP contribution in [0.15, 0.2) is 47.4 Å². The molecule has 0 fully saturated rings. The molecule has 0 radical (unpaired) electrons. The minimum Gasteiger partial charge on any atom is -0.366 e. The second-order valence-electron chi connectivity index (χ2n) is 6.97. The van der Waals surface area contributed by atoms with Crippen LogP contribution in [0.2, 0.25) is 0 Å². The van der Waals surface area contributed by atoms with Crippen LogP contribution in [0.1, 0.15) is 36.7 Å². The lowest BCUT2D eigenvalue weighted by molar-refractivity contribution is -0.387. The van der Waals surface area contributed by atoms with Crippen molar-refractivity contribution in [1.82, 2.24) is 0 Å². The number of benzene rings is 2. The van der Waals surface area contributed by atoms with E-state index < -0.39 is 10.8 Å². The molecule has 0 aliphatic carbocycles. The summed E-state index contributed by atoms with van der Waals surface area (Å²) in [5.41, 5.74) is 6.78. The molecule has 2 aromatic rings. The van der Waals surface area contributed by atoms with Gasteiger partial charge in [0.05, 0.1) is 15.6 Å². The van der Waals surface area contributed by atoms with Crippen LogP contribution in [0.4, 0.5) is 11.4 Å². The van der Waals surface area contributed by atoms with Crippen molar-refractivity contribution >= 4 is 35.0 Å². The summed E-state index contributed by atoms with van der Waals surface area (Å²) in [7, 11) is 0. The number of nitrogens with two attached hydrogens (primary N) is 1. The third kappa shape index (κ3) is 5.55. The Hall–Kier alpha value is -2.87. The highest BCUT2D eigenvalue weighted by atomic mass is 32.2. The lowest BCUT2D eigenvalue weighted by Crippen LogP contribution is -2.15. The third-order valence-corrected chi connectivity index (χ3v) is 4.90. The Labute approximate surface area is 161 Å². The molecule has 0 aromatic heterocycles. The standard InChI is InChI=1S/C19H21N3O4S/c1-19(2,3)13-5-7-14(8-6-13)21-17(23)11-27-16-9-4-12(18(20)24)10-15(16)22(25)26/h4-10H,11H2,1-3H3,(H2,20,24)(H,21,23). The molecule has 0 heterocycles. The van der Waals surface area contributed by atoms with Gasteiger partial charge in [-0.05, 0) is 35.2 Å². The van der Waals surface area contributed by atoms with Gasteiger partial charge < -0.3 is 11.1 Å². The predicted octanol–water partition coefficient (Wildman–Crippen LogP) is 3.72. The number of rotatable bonds is 6. The first-order valence-corrected chi connectivity index (χ1v) is 9.18. The number of amides is 2. The summed E-state index contributed by atoms with van der Waals surface area (Å²) in [6, 6.07) is 11.5. The van der Waals surface area contributed by atoms with Gasteiger partial charge in [-0.25, -0.2) is 0 Å². The summed E-state index contributed by atoms with van der Waals surface area (Å²) in [5.74, 6) is -1.03. The molecular formula is C19H21N3O4S. The van der Waals surface area contributed by atoms with Crippen LogP contribution in [-0.2, 0) is 10.2 Å². The Balaban J connectivity index is 2.03. The van der Waals surface area contributed by atoms with E-state index in [1.54, 1.807) is 0 Å². The van der Waals surface area contributed by atoms with Gasteiger partial charge in [-0.1, -0.05) is 32.9 Å². The number of thioether (sulfide) groups is 1. The van der Waals surface area contributed by atoms with Gasteiger partial charge in [0.1, 0.15) is 0 Å². The van der Waals surface area contributed by atoms with Gasteiger partial charge in [-0.3, -0.25) is 19.7 Å². The van der Waals surface area contributed by atoms with Gasteiger partial charge in [0.25, 0.3) is 5.69 Å². The zero-order chi connectivity index (χ0) is 20.2. The molecule has 0 atom stereocenters. The molecule has 2 amide bonds. The van der Waals surface area contributed by atoms with Crippen LogP contribution in [0, 0.1) is 10.1 Å². The summed E-state index contributed by atoms with van der Waals surface area (Å²) in [6.07, 6.45) is 0. The van der Waals surface area contributed by atoms with Crippen molar-refractivity contribution in [1.29, 1.82) is 0 Å². The van der Waals surface area contributed by atoms with Gasteiger partial charge >= 0.3 is 0 Å². The normalized spacial score (nSPS) is 11.1. The average molecular weight is 387 g/mol. The van der Waals surface area contributed by atoms with E-state index in [2.05, 4.69) is 26.1 Å². The summed E-state index contributed by atoms with van der Waals surface area (Å²) in [6.45, 7) is 6.31. The fraction of sp³-hybridized carbons (Fsp3) is 0.263. The van der Waals surface area contributed by atoms with Gasteiger partial charge in [0, 0.05) is 17.3 Å². The number of nitro benzene ring substituents is 1. The van der Waals surface area contributed by atoms with E-state index in [1.165, 1.54) is 12.1 Å². The number of hydrogen-bond donors (Lipinski definition) is 2. The Morgan fingerprint density at radius 1 is 1.15 bits per heavy atom. The van der Waals surface area contributed by atoms with Gasteiger partial charge in [0.2, 0.25) is 11.8 Å². The number of carbonyl (C=O) groups is 2. The molecule has 0 aliphatic rings. The molecule has 2 rings (SSSR count). The SMILES string of the molecule is CC(C)(C)c1ccc(NC(=O)CSc2ccc(C(N)=O)cc2[N+](=O)[O-])cc1. The molecule has 142 valence electrons. The molecule has 3 N–H and O–H groups in total. The topological polar surface area (TPSA) is 115 Å². The number of hydrogen-bond acceptors (Lipinski definition) is 5. The summed E-state index contributed by atoms with van der Waals surface area (Å²) in [5, 5.41) is 14.0. The summed E-state index contributed by atoms with van der Waals surface area (Å²) in [4.78, 5) is 34.2. The number of nitrogens with one attached hydrogen (secondary N) is 1. The van der Waals surface area contributed by atoms with Crippen LogP contribution < -0.4 is 11.1 Å².